The quantitative estimate of drug-likeness (QED) is 0.608. The number of anilines is 1. The molecule has 1 aliphatic carbocycles. The van der Waals surface area contributed by atoms with Gasteiger partial charge in [-0.3, -0.25) is 0 Å². The highest BCUT2D eigenvalue weighted by atomic mass is 16.6. The van der Waals surface area contributed by atoms with Crippen LogP contribution in [0.3, 0.4) is 0 Å². The molecule has 2 aromatic carbocycles. The van der Waals surface area contributed by atoms with Gasteiger partial charge in [0.2, 0.25) is 0 Å². The fourth-order valence-electron chi connectivity index (χ4n) is 4.03. The number of methoxy groups -OCH3 is 1. The molecule has 6 nitrogen and oxygen atoms in total. The van der Waals surface area contributed by atoms with Crippen LogP contribution in [0, 0.1) is 5.92 Å². The molecule has 2 aromatic rings. The predicted molar refractivity (Wildman–Crippen MR) is 104 cm³/mol. The lowest BCUT2D eigenvalue weighted by molar-refractivity contribution is -0.142. The number of hydrogen-bond donors (Lipinski definition) is 2. The number of ether oxygens (including phenoxy) is 2. The highest BCUT2D eigenvalue weighted by Crippen LogP contribution is 2.50. The molecule has 0 saturated carbocycles. The zero-order valence-electron chi connectivity index (χ0n) is 15.4. The number of allylic oxidation sites excluding steroid dienone is 2. The van der Waals surface area contributed by atoms with E-state index in [2.05, 4.69) is 22.2 Å². The zero-order valence-corrected chi connectivity index (χ0v) is 15.4. The van der Waals surface area contributed by atoms with Crippen LogP contribution in [0.5, 0.6) is 5.75 Å². The summed E-state index contributed by atoms with van der Waals surface area (Å²) in [4.78, 5) is 22.5. The average molecular weight is 379 g/mol. The normalized spacial score (nSPS) is 22.0. The van der Waals surface area contributed by atoms with Crippen molar-refractivity contribution in [3.8, 4) is 5.75 Å². The molecule has 144 valence electrons. The van der Waals surface area contributed by atoms with Gasteiger partial charge in [0, 0.05) is 11.6 Å². The lowest BCUT2D eigenvalue weighted by Gasteiger charge is -2.37. The summed E-state index contributed by atoms with van der Waals surface area (Å²) in [5, 5.41) is 12.9. The summed E-state index contributed by atoms with van der Waals surface area (Å²) < 4.78 is 9.99. The maximum atomic E-state index is 11.3. The number of fused-ring (bicyclic) bond motifs is 3. The third kappa shape index (κ3) is 3.33. The van der Waals surface area contributed by atoms with Gasteiger partial charge in [-0.1, -0.05) is 24.3 Å². The fraction of sp³-hybridized carbons (Fsp3) is 0.273. The SMILES string of the molecule is COC(=O)COc1ccc([C@@H]2Nc3ccc(C(=O)O)cc3[C@@H]3C=CC[C@H]32)cc1. The van der Waals surface area contributed by atoms with Crippen LogP contribution in [0.2, 0.25) is 0 Å². The summed E-state index contributed by atoms with van der Waals surface area (Å²) in [7, 11) is 1.33. The van der Waals surface area contributed by atoms with Crippen molar-refractivity contribution < 1.29 is 24.2 Å². The summed E-state index contributed by atoms with van der Waals surface area (Å²) >= 11 is 0. The summed E-state index contributed by atoms with van der Waals surface area (Å²) in [5.41, 5.74) is 3.43. The molecule has 6 heteroatoms. The molecule has 0 aromatic heterocycles. The molecule has 0 amide bonds. The van der Waals surface area contributed by atoms with Crippen molar-refractivity contribution in [2.75, 3.05) is 19.0 Å². The van der Waals surface area contributed by atoms with Gasteiger partial charge in [0.15, 0.2) is 6.61 Å². The van der Waals surface area contributed by atoms with E-state index in [0.717, 1.165) is 23.2 Å². The highest BCUT2D eigenvalue weighted by Gasteiger charge is 2.38. The van der Waals surface area contributed by atoms with Gasteiger partial charge in [-0.05, 0) is 53.8 Å². The minimum atomic E-state index is -0.911. The molecule has 2 N–H and O–H groups in total. The van der Waals surface area contributed by atoms with E-state index in [9.17, 15) is 14.7 Å². The minimum Gasteiger partial charge on any atom is -0.482 e. The molecule has 4 rings (SSSR count). The lowest BCUT2D eigenvalue weighted by Crippen LogP contribution is -2.29. The number of carboxylic acids is 1. The molecule has 3 atom stereocenters. The number of carbonyl (C=O) groups excluding carboxylic acids is 1. The Morgan fingerprint density at radius 3 is 2.68 bits per heavy atom. The fourth-order valence-corrected chi connectivity index (χ4v) is 4.03. The topological polar surface area (TPSA) is 84.9 Å². The first-order valence-corrected chi connectivity index (χ1v) is 9.17. The van der Waals surface area contributed by atoms with E-state index in [1.165, 1.54) is 7.11 Å². The van der Waals surface area contributed by atoms with E-state index < -0.39 is 11.9 Å². The van der Waals surface area contributed by atoms with Crippen molar-refractivity contribution in [1.29, 1.82) is 0 Å². The van der Waals surface area contributed by atoms with Crippen LogP contribution >= 0.6 is 0 Å². The Morgan fingerprint density at radius 1 is 1.18 bits per heavy atom. The van der Waals surface area contributed by atoms with Crippen molar-refractivity contribution >= 4 is 17.6 Å². The second kappa shape index (κ2) is 7.38. The molecule has 0 saturated heterocycles. The first-order valence-electron chi connectivity index (χ1n) is 9.17. The molecule has 0 fully saturated rings. The largest absolute Gasteiger partial charge is 0.482 e. The highest BCUT2D eigenvalue weighted by molar-refractivity contribution is 5.89. The van der Waals surface area contributed by atoms with E-state index in [0.29, 0.717) is 17.2 Å². The molecule has 1 heterocycles. The Kier molecular flexibility index (Phi) is 4.77. The van der Waals surface area contributed by atoms with Crippen LogP contribution in [0.4, 0.5) is 5.69 Å². The summed E-state index contributed by atoms with van der Waals surface area (Å²) in [6.45, 7) is -0.120. The average Bonchev–Trinajstić information content (AvgIpc) is 3.21. The molecule has 0 unspecified atom stereocenters. The van der Waals surface area contributed by atoms with Crippen LogP contribution < -0.4 is 10.1 Å². The van der Waals surface area contributed by atoms with Gasteiger partial charge in [0.25, 0.3) is 0 Å². The number of esters is 1. The molecule has 0 bridgehead atoms. The van der Waals surface area contributed by atoms with Crippen LogP contribution in [0.25, 0.3) is 0 Å². The summed E-state index contributed by atoms with van der Waals surface area (Å²) in [6.07, 6.45) is 5.27. The third-order valence-electron chi connectivity index (χ3n) is 5.43. The standard InChI is InChI=1S/C22H21NO5/c1-27-20(24)12-28-15-8-5-13(6-9-15)21-17-4-2-3-16(17)18-11-14(22(25)26)7-10-19(18)23-21/h2-3,5-11,16-17,21,23H,4,12H2,1H3,(H,25,26)/t16-,17-,21+/m1/s1. The number of carboxylic acid groups (broad SMARTS) is 1. The van der Waals surface area contributed by atoms with Gasteiger partial charge in [0.05, 0.1) is 18.7 Å². The second-order valence-electron chi connectivity index (χ2n) is 7.02. The van der Waals surface area contributed by atoms with Gasteiger partial charge in [-0.2, -0.15) is 0 Å². The number of rotatable bonds is 5. The maximum Gasteiger partial charge on any atom is 0.343 e. The van der Waals surface area contributed by atoms with E-state index in [4.69, 9.17) is 4.74 Å². The van der Waals surface area contributed by atoms with Gasteiger partial charge < -0.3 is 19.9 Å². The number of aromatic carboxylic acids is 1. The number of nitrogens with one attached hydrogen (secondary N) is 1. The van der Waals surface area contributed by atoms with E-state index in [-0.39, 0.29) is 18.6 Å². The van der Waals surface area contributed by atoms with Crippen molar-refractivity contribution in [2.45, 2.75) is 18.4 Å². The van der Waals surface area contributed by atoms with Crippen LogP contribution in [-0.2, 0) is 9.53 Å². The van der Waals surface area contributed by atoms with Crippen molar-refractivity contribution in [3.05, 3.63) is 71.3 Å². The minimum absolute atomic E-state index is 0.109. The molecule has 1 aliphatic heterocycles. The Labute approximate surface area is 162 Å². The molecule has 28 heavy (non-hydrogen) atoms. The molecule has 0 radical (unpaired) electrons. The van der Waals surface area contributed by atoms with Crippen molar-refractivity contribution in [1.82, 2.24) is 0 Å². The van der Waals surface area contributed by atoms with Crippen LogP contribution in [-0.4, -0.2) is 30.8 Å². The van der Waals surface area contributed by atoms with E-state index >= 15 is 0 Å². The van der Waals surface area contributed by atoms with Crippen LogP contribution in [0.15, 0.2) is 54.6 Å². The monoisotopic (exact) mass is 379 g/mol. The lowest BCUT2D eigenvalue weighted by atomic mass is 9.76. The van der Waals surface area contributed by atoms with E-state index in [1.54, 1.807) is 12.1 Å². The van der Waals surface area contributed by atoms with Gasteiger partial charge in [-0.25, -0.2) is 9.59 Å². The first kappa shape index (κ1) is 18.1. The molecular formula is C22H21NO5. The van der Waals surface area contributed by atoms with Crippen molar-refractivity contribution in [3.63, 3.8) is 0 Å². The second-order valence-corrected chi connectivity index (χ2v) is 7.02. The molecule has 2 aliphatic rings. The van der Waals surface area contributed by atoms with Gasteiger partial charge >= 0.3 is 11.9 Å². The third-order valence-corrected chi connectivity index (χ3v) is 5.43. The smallest absolute Gasteiger partial charge is 0.343 e. The predicted octanol–water partition coefficient (Wildman–Crippen LogP) is 3.76. The Morgan fingerprint density at radius 2 is 1.96 bits per heavy atom. The van der Waals surface area contributed by atoms with Gasteiger partial charge in [0.1, 0.15) is 5.75 Å². The number of hydrogen-bond acceptors (Lipinski definition) is 5. The van der Waals surface area contributed by atoms with E-state index in [1.807, 2.05) is 30.3 Å². The maximum absolute atomic E-state index is 11.3. The first-order chi connectivity index (χ1) is 13.6. The zero-order chi connectivity index (χ0) is 19.7. The van der Waals surface area contributed by atoms with Crippen LogP contribution in [0.1, 0.15) is 39.9 Å². The van der Waals surface area contributed by atoms with Gasteiger partial charge in [-0.15, -0.1) is 0 Å². The Balaban J connectivity index is 1.58. The Hall–Kier alpha value is -3.28. The molecule has 0 spiro atoms. The Bertz CT molecular complexity index is 934. The number of carbonyl (C=O) groups is 2. The summed E-state index contributed by atoms with van der Waals surface area (Å²) in [5.74, 6) is -0.215. The summed E-state index contributed by atoms with van der Waals surface area (Å²) in [6, 6.07) is 13.1. The molecular weight excluding hydrogens is 358 g/mol. The number of benzene rings is 2. The van der Waals surface area contributed by atoms with Crippen molar-refractivity contribution in [2.24, 2.45) is 5.92 Å².